The van der Waals surface area contributed by atoms with E-state index in [0.29, 0.717) is 0 Å². The molecule has 0 aromatic rings. The van der Waals surface area contributed by atoms with Crippen molar-refractivity contribution in [3.05, 3.63) is 0 Å². The van der Waals surface area contributed by atoms with Gasteiger partial charge in [0.2, 0.25) is 0 Å². The van der Waals surface area contributed by atoms with Crippen molar-refractivity contribution < 1.29 is 0 Å². The summed E-state index contributed by atoms with van der Waals surface area (Å²) < 4.78 is 0. The molecular formula is C19H41N. The Morgan fingerprint density at radius 1 is 0.600 bits per heavy atom. The fraction of sp³-hybridized carbons (Fsp3) is 1.00. The molecular weight excluding hydrogens is 242 g/mol. The molecule has 0 aromatic heterocycles. The third kappa shape index (κ3) is 16.0. The molecule has 2 N–H and O–H groups in total. The summed E-state index contributed by atoms with van der Waals surface area (Å²) in [5.41, 5.74) is 5.50. The van der Waals surface area contributed by atoms with Gasteiger partial charge in [0, 0.05) is 0 Å². The van der Waals surface area contributed by atoms with E-state index in [1.807, 2.05) is 0 Å². The lowest BCUT2D eigenvalue weighted by Gasteiger charge is -2.11. The molecule has 1 heteroatoms. The zero-order valence-electron chi connectivity index (χ0n) is 14.5. The van der Waals surface area contributed by atoms with Gasteiger partial charge in [-0.2, -0.15) is 0 Å². The van der Waals surface area contributed by atoms with E-state index >= 15 is 0 Å². The molecule has 0 fully saturated rings. The lowest BCUT2D eigenvalue weighted by molar-refractivity contribution is 0.431. The number of rotatable bonds is 16. The Balaban J connectivity index is 3.09. The third-order valence-corrected chi connectivity index (χ3v) is 4.45. The van der Waals surface area contributed by atoms with Crippen LogP contribution in [0.25, 0.3) is 0 Å². The first-order chi connectivity index (χ1) is 9.81. The van der Waals surface area contributed by atoms with E-state index < -0.39 is 0 Å². The molecule has 0 aliphatic rings. The Morgan fingerprint density at radius 2 is 1.00 bits per heavy atom. The minimum Gasteiger partial charge on any atom is -0.330 e. The van der Waals surface area contributed by atoms with E-state index in [2.05, 4.69) is 13.8 Å². The number of nitrogens with two attached hydrogens (primary N) is 1. The first kappa shape index (κ1) is 20.0. The molecule has 0 aromatic carbocycles. The van der Waals surface area contributed by atoms with Gasteiger partial charge in [0.25, 0.3) is 0 Å². The van der Waals surface area contributed by atoms with Crippen LogP contribution in [0.4, 0.5) is 0 Å². The standard InChI is InChI=1S/C19H41N/c1-3-4-5-10-13-16-19(2)17-14-11-8-6-7-9-12-15-18-20/h19H,3-18,20H2,1-2H3. The monoisotopic (exact) mass is 283 g/mol. The summed E-state index contributed by atoms with van der Waals surface area (Å²) in [7, 11) is 0. The van der Waals surface area contributed by atoms with Crippen LogP contribution in [0.1, 0.15) is 110 Å². The van der Waals surface area contributed by atoms with Gasteiger partial charge in [-0.05, 0) is 18.9 Å². The fourth-order valence-electron chi connectivity index (χ4n) is 2.94. The van der Waals surface area contributed by atoms with Crippen molar-refractivity contribution in [1.29, 1.82) is 0 Å². The van der Waals surface area contributed by atoms with E-state index in [1.54, 1.807) is 0 Å². The molecule has 0 radical (unpaired) electrons. The maximum atomic E-state index is 5.50. The zero-order chi connectivity index (χ0) is 14.9. The van der Waals surface area contributed by atoms with E-state index in [-0.39, 0.29) is 0 Å². The average Bonchev–Trinajstić information content (AvgIpc) is 2.45. The average molecular weight is 284 g/mol. The molecule has 0 saturated carbocycles. The van der Waals surface area contributed by atoms with Crippen LogP contribution in [0, 0.1) is 5.92 Å². The Labute approximate surface area is 129 Å². The maximum Gasteiger partial charge on any atom is -0.00773 e. The smallest absolute Gasteiger partial charge is 0.00773 e. The lowest BCUT2D eigenvalue weighted by Crippen LogP contribution is -1.97. The highest BCUT2D eigenvalue weighted by Gasteiger charge is 2.01. The number of unbranched alkanes of at least 4 members (excludes halogenated alkanes) is 11. The van der Waals surface area contributed by atoms with Crippen LogP contribution < -0.4 is 5.73 Å². The van der Waals surface area contributed by atoms with E-state index in [1.165, 1.54) is 96.3 Å². The molecule has 0 bridgehead atoms. The molecule has 0 rings (SSSR count). The molecule has 122 valence electrons. The largest absolute Gasteiger partial charge is 0.330 e. The Bertz CT molecular complexity index is 167. The summed E-state index contributed by atoms with van der Waals surface area (Å²) in [5, 5.41) is 0. The SMILES string of the molecule is CCCCCCCC(C)CCCCCCCCCCN. The summed E-state index contributed by atoms with van der Waals surface area (Å²) >= 11 is 0. The van der Waals surface area contributed by atoms with Crippen LogP contribution in [0.5, 0.6) is 0 Å². The van der Waals surface area contributed by atoms with Gasteiger partial charge < -0.3 is 5.73 Å². The minimum absolute atomic E-state index is 0.871. The van der Waals surface area contributed by atoms with Gasteiger partial charge in [-0.25, -0.2) is 0 Å². The van der Waals surface area contributed by atoms with E-state index in [0.717, 1.165) is 12.5 Å². The van der Waals surface area contributed by atoms with Crippen LogP contribution in [0.3, 0.4) is 0 Å². The summed E-state index contributed by atoms with van der Waals surface area (Å²) in [6, 6.07) is 0. The summed E-state index contributed by atoms with van der Waals surface area (Å²) in [6.45, 7) is 5.61. The minimum atomic E-state index is 0.871. The second-order valence-corrected chi connectivity index (χ2v) is 6.71. The molecule has 0 aliphatic heterocycles. The molecule has 20 heavy (non-hydrogen) atoms. The van der Waals surface area contributed by atoms with Crippen LogP contribution in [0.2, 0.25) is 0 Å². The molecule has 0 amide bonds. The molecule has 1 unspecified atom stereocenters. The second kappa shape index (κ2) is 17.0. The second-order valence-electron chi connectivity index (χ2n) is 6.71. The van der Waals surface area contributed by atoms with Crippen molar-refractivity contribution in [2.75, 3.05) is 6.54 Å². The van der Waals surface area contributed by atoms with Gasteiger partial charge in [0.05, 0.1) is 0 Å². The van der Waals surface area contributed by atoms with Gasteiger partial charge in [0.1, 0.15) is 0 Å². The summed E-state index contributed by atoms with van der Waals surface area (Å²) in [6.07, 6.45) is 21.3. The summed E-state index contributed by atoms with van der Waals surface area (Å²) in [5.74, 6) is 0.959. The zero-order valence-corrected chi connectivity index (χ0v) is 14.5. The van der Waals surface area contributed by atoms with Gasteiger partial charge in [0.15, 0.2) is 0 Å². The summed E-state index contributed by atoms with van der Waals surface area (Å²) in [4.78, 5) is 0. The predicted octanol–water partition coefficient (Wildman–Crippen LogP) is 6.45. The first-order valence-corrected chi connectivity index (χ1v) is 9.51. The van der Waals surface area contributed by atoms with Gasteiger partial charge in [-0.1, -0.05) is 104 Å². The van der Waals surface area contributed by atoms with Crippen molar-refractivity contribution >= 4 is 0 Å². The third-order valence-electron chi connectivity index (χ3n) is 4.45. The van der Waals surface area contributed by atoms with Crippen molar-refractivity contribution in [2.24, 2.45) is 11.7 Å². The Kier molecular flexibility index (Phi) is 17.0. The maximum absolute atomic E-state index is 5.50. The first-order valence-electron chi connectivity index (χ1n) is 9.51. The highest BCUT2D eigenvalue weighted by atomic mass is 14.5. The van der Waals surface area contributed by atoms with Crippen molar-refractivity contribution in [3.8, 4) is 0 Å². The lowest BCUT2D eigenvalue weighted by atomic mass is 9.96. The number of hydrogen-bond donors (Lipinski definition) is 1. The van der Waals surface area contributed by atoms with Crippen LogP contribution in [-0.4, -0.2) is 6.54 Å². The van der Waals surface area contributed by atoms with Crippen LogP contribution in [-0.2, 0) is 0 Å². The van der Waals surface area contributed by atoms with Crippen molar-refractivity contribution in [1.82, 2.24) is 0 Å². The Hall–Kier alpha value is -0.0400. The van der Waals surface area contributed by atoms with Gasteiger partial charge in [-0.3, -0.25) is 0 Å². The number of hydrogen-bond acceptors (Lipinski definition) is 1. The van der Waals surface area contributed by atoms with E-state index in [9.17, 15) is 0 Å². The van der Waals surface area contributed by atoms with Crippen LogP contribution >= 0.6 is 0 Å². The highest BCUT2D eigenvalue weighted by molar-refractivity contribution is 4.55. The highest BCUT2D eigenvalue weighted by Crippen LogP contribution is 2.18. The Morgan fingerprint density at radius 3 is 1.45 bits per heavy atom. The topological polar surface area (TPSA) is 26.0 Å². The fourth-order valence-corrected chi connectivity index (χ4v) is 2.94. The predicted molar refractivity (Wildman–Crippen MR) is 93.1 cm³/mol. The van der Waals surface area contributed by atoms with Crippen LogP contribution in [0.15, 0.2) is 0 Å². The molecule has 1 atom stereocenters. The van der Waals surface area contributed by atoms with Gasteiger partial charge in [-0.15, -0.1) is 0 Å². The quantitative estimate of drug-likeness (QED) is 0.323. The van der Waals surface area contributed by atoms with Crippen molar-refractivity contribution in [2.45, 2.75) is 110 Å². The molecule has 1 nitrogen and oxygen atoms in total. The van der Waals surface area contributed by atoms with Gasteiger partial charge >= 0.3 is 0 Å². The van der Waals surface area contributed by atoms with E-state index in [4.69, 9.17) is 5.73 Å². The molecule has 0 spiro atoms. The van der Waals surface area contributed by atoms with Crippen molar-refractivity contribution in [3.63, 3.8) is 0 Å². The molecule has 0 aliphatic carbocycles. The molecule has 0 saturated heterocycles. The molecule has 0 heterocycles. The normalized spacial score (nSPS) is 12.8.